The summed E-state index contributed by atoms with van der Waals surface area (Å²) in [6.45, 7) is 4.70. The number of carbonyl (C=O) groups is 4. The first-order chi connectivity index (χ1) is 14.8. The molecule has 1 aliphatic rings. The van der Waals surface area contributed by atoms with Crippen molar-refractivity contribution < 1.29 is 42.9 Å². The number of alkyl halides is 3. The van der Waals surface area contributed by atoms with Crippen molar-refractivity contribution in [2.45, 2.75) is 75.0 Å². The molecular formula is C18H25Cl3N2O9. The van der Waals surface area contributed by atoms with Gasteiger partial charge in [0.15, 0.2) is 12.2 Å². The van der Waals surface area contributed by atoms with Crippen LogP contribution in [0.4, 0.5) is 0 Å². The number of halogens is 3. The monoisotopic (exact) mass is 518 g/mol. The number of rotatable bonds is 8. The predicted octanol–water partition coefficient (Wildman–Crippen LogP) is 1.79. The van der Waals surface area contributed by atoms with Gasteiger partial charge in [-0.2, -0.15) is 0 Å². The van der Waals surface area contributed by atoms with Gasteiger partial charge in [0.2, 0.25) is 18.1 Å². The number of hydrogen-bond donors (Lipinski definition) is 2. The lowest BCUT2D eigenvalue weighted by Crippen LogP contribution is -2.67. The number of hydrogen-bond acceptors (Lipinski definition) is 10. The first-order valence-electron chi connectivity index (χ1n) is 9.51. The quantitative estimate of drug-likeness (QED) is 0.161. The van der Waals surface area contributed by atoms with Gasteiger partial charge in [-0.05, 0) is 6.42 Å². The molecule has 32 heavy (non-hydrogen) atoms. The van der Waals surface area contributed by atoms with Gasteiger partial charge in [-0.3, -0.25) is 24.6 Å². The zero-order chi connectivity index (χ0) is 24.6. The Hall–Kier alpha value is -1.82. The maximum absolute atomic E-state index is 12.3. The molecule has 1 fully saturated rings. The lowest BCUT2D eigenvalue weighted by Gasteiger charge is -2.45. The van der Waals surface area contributed by atoms with Gasteiger partial charge in [0.05, 0.1) is 0 Å². The van der Waals surface area contributed by atoms with Crippen LogP contribution >= 0.6 is 34.8 Å². The summed E-state index contributed by atoms with van der Waals surface area (Å²) >= 11 is 17.0. The molecule has 0 saturated carbocycles. The van der Waals surface area contributed by atoms with E-state index in [0.717, 1.165) is 20.8 Å². The fourth-order valence-corrected chi connectivity index (χ4v) is 2.96. The fraction of sp³-hybridized carbons (Fsp3) is 0.722. The minimum atomic E-state index is -2.27. The molecule has 0 aromatic heterocycles. The highest BCUT2D eigenvalue weighted by Gasteiger charge is 2.53. The highest BCUT2D eigenvalue weighted by Crippen LogP contribution is 2.32. The molecule has 14 heteroatoms. The Morgan fingerprint density at radius 3 is 2.00 bits per heavy atom. The average Bonchev–Trinajstić information content (AvgIpc) is 2.63. The van der Waals surface area contributed by atoms with Crippen LogP contribution in [0.3, 0.4) is 0 Å². The predicted molar refractivity (Wildman–Crippen MR) is 112 cm³/mol. The number of esters is 3. The Morgan fingerprint density at radius 1 is 0.969 bits per heavy atom. The summed E-state index contributed by atoms with van der Waals surface area (Å²) < 4.78 is 24.3. The molecule has 5 atom stereocenters. The minimum Gasteiger partial charge on any atom is -0.463 e. The third-order valence-corrected chi connectivity index (χ3v) is 4.51. The van der Waals surface area contributed by atoms with E-state index < -0.39 is 70.8 Å². The molecule has 1 unspecified atom stereocenters. The van der Waals surface area contributed by atoms with Crippen LogP contribution < -0.4 is 5.32 Å². The van der Waals surface area contributed by atoms with Crippen molar-refractivity contribution >= 4 is 64.5 Å². The SMILES string of the molecule is CCCC(=O)N[C@H]1C(OC(=N)C(Cl)(Cl)Cl)O[C@H](COC(C)=O)[C@@H](OC(C)=O)[C@@H]1OC(C)=O. The van der Waals surface area contributed by atoms with Gasteiger partial charge in [0.25, 0.3) is 3.79 Å². The van der Waals surface area contributed by atoms with Gasteiger partial charge in [-0.25, -0.2) is 0 Å². The van der Waals surface area contributed by atoms with E-state index in [2.05, 4.69) is 5.32 Å². The van der Waals surface area contributed by atoms with Gasteiger partial charge in [-0.15, -0.1) is 0 Å². The summed E-state index contributed by atoms with van der Waals surface area (Å²) in [4.78, 5) is 47.2. The molecule has 0 spiro atoms. The van der Waals surface area contributed by atoms with Crippen LogP contribution in [0.5, 0.6) is 0 Å². The summed E-state index contributed by atoms with van der Waals surface area (Å²) in [7, 11) is 0. The van der Waals surface area contributed by atoms with Crippen LogP contribution in [0, 0.1) is 5.41 Å². The Labute approximate surface area is 199 Å². The zero-order valence-corrected chi connectivity index (χ0v) is 20.1. The molecule has 182 valence electrons. The number of nitrogens with one attached hydrogen (secondary N) is 2. The van der Waals surface area contributed by atoms with Crippen LogP contribution in [-0.4, -0.2) is 70.8 Å². The molecule has 2 N–H and O–H groups in total. The van der Waals surface area contributed by atoms with Crippen molar-refractivity contribution in [3.05, 3.63) is 0 Å². The second-order valence-corrected chi connectivity index (χ2v) is 9.06. The minimum absolute atomic E-state index is 0.104. The van der Waals surface area contributed by atoms with Gasteiger partial charge >= 0.3 is 17.9 Å². The standard InChI is InChI=1S/C18H25Cl3N2O9/c1-5-6-12(27)23-13-15(30-10(4)26)14(29-9(3)25)11(7-28-8(2)24)31-16(13)32-17(22)18(19,20)21/h11,13-16,22H,5-7H2,1-4H3,(H,23,27)/t11-,13-,14-,15-,16?/m1/s1. The first-order valence-corrected chi connectivity index (χ1v) is 10.6. The van der Waals surface area contributed by atoms with E-state index in [1.165, 1.54) is 0 Å². The first kappa shape index (κ1) is 28.2. The summed E-state index contributed by atoms with van der Waals surface area (Å²) in [5.74, 6) is -3.50. The zero-order valence-electron chi connectivity index (χ0n) is 17.8. The van der Waals surface area contributed by atoms with E-state index in [4.69, 9.17) is 63.9 Å². The molecule has 1 saturated heterocycles. The third kappa shape index (κ3) is 8.97. The largest absolute Gasteiger partial charge is 0.463 e. The molecule has 0 aromatic rings. The number of amides is 1. The molecule has 1 amide bonds. The third-order valence-electron chi connectivity index (χ3n) is 4.00. The van der Waals surface area contributed by atoms with Crippen molar-refractivity contribution in [2.24, 2.45) is 0 Å². The lowest BCUT2D eigenvalue weighted by molar-refractivity contribution is -0.260. The van der Waals surface area contributed by atoms with Gasteiger partial charge in [0.1, 0.15) is 18.8 Å². The van der Waals surface area contributed by atoms with Crippen LogP contribution in [0.15, 0.2) is 0 Å². The smallest absolute Gasteiger partial charge is 0.303 e. The highest BCUT2D eigenvalue weighted by atomic mass is 35.6. The second-order valence-electron chi connectivity index (χ2n) is 6.78. The van der Waals surface area contributed by atoms with Crippen LogP contribution in [0.25, 0.3) is 0 Å². The van der Waals surface area contributed by atoms with Crippen molar-refractivity contribution in [3.8, 4) is 0 Å². The van der Waals surface area contributed by atoms with Crippen molar-refractivity contribution in [1.29, 1.82) is 5.41 Å². The molecule has 0 bridgehead atoms. The maximum atomic E-state index is 12.3. The van der Waals surface area contributed by atoms with Crippen molar-refractivity contribution in [2.75, 3.05) is 6.61 Å². The normalized spacial score (nSPS) is 25.3. The molecule has 0 radical (unpaired) electrons. The molecular weight excluding hydrogens is 495 g/mol. The van der Waals surface area contributed by atoms with E-state index >= 15 is 0 Å². The Balaban J connectivity index is 3.41. The Kier molecular flexibility index (Phi) is 11.0. The number of ether oxygens (including phenoxy) is 5. The molecule has 1 rings (SSSR count). The Morgan fingerprint density at radius 2 is 1.53 bits per heavy atom. The topological polar surface area (TPSA) is 150 Å². The van der Waals surface area contributed by atoms with Crippen LogP contribution in [0.1, 0.15) is 40.5 Å². The fourth-order valence-electron chi connectivity index (χ4n) is 2.82. The van der Waals surface area contributed by atoms with Gasteiger partial charge in [-0.1, -0.05) is 41.7 Å². The summed E-state index contributed by atoms with van der Waals surface area (Å²) in [6, 6.07) is -1.27. The summed E-state index contributed by atoms with van der Waals surface area (Å²) in [5.41, 5.74) is 0. The van der Waals surface area contributed by atoms with E-state index in [1.54, 1.807) is 6.92 Å². The summed E-state index contributed by atoms with van der Waals surface area (Å²) in [6.07, 6.45) is -4.79. The van der Waals surface area contributed by atoms with E-state index in [0.29, 0.717) is 6.42 Å². The van der Waals surface area contributed by atoms with Gasteiger partial charge in [0, 0.05) is 27.2 Å². The molecule has 1 aliphatic heterocycles. The van der Waals surface area contributed by atoms with Crippen LogP contribution in [-0.2, 0) is 42.9 Å². The van der Waals surface area contributed by atoms with Crippen molar-refractivity contribution in [1.82, 2.24) is 5.32 Å². The van der Waals surface area contributed by atoms with E-state index in [-0.39, 0.29) is 6.42 Å². The van der Waals surface area contributed by atoms with Gasteiger partial charge < -0.3 is 29.0 Å². The number of carbonyl (C=O) groups excluding carboxylic acids is 4. The average molecular weight is 520 g/mol. The molecule has 11 nitrogen and oxygen atoms in total. The van der Waals surface area contributed by atoms with E-state index in [1.807, 2.05) is 0 Å². The second kappa shape index (κ2) is 12.4. The lowest BCUT2D eigenvalue weighted by atomic mass is 9.96. The molecule has 0 aromatic carbocycles. The maximum Gasteiger partial charge on any atom is 0.303 e. The highest BCUT2D eigenvalue weighted by molar-refractivity contribution is 6.76. The summed E-state index contributed by atoms with van der Waals surface area (Å²) in [5, 5.41) is 10.4. The van der Waals surface area contributed by atoms with Crippen LogP contribution in [0.2, 0.25) is 0 Å². The van der Waals surface area contributed by atoms with E-state index in [9.17, 15) is 19.2 Å². The molecule has 1 heterocycles. The van der Waals surface area contributed by atoms with Crippen molar-refractivity contribution in [3.63, 3.8) is 0 Å². The molecule has 0 aliphatic carbocycles. The Bertz CT molecular complexity index is 729.